The summed E-state index contributed by atoms with van der Waals surface area (Å²) in [4.78, 5) is 53.3. The summed E-state index contributed by atoms with van der Waals surface area (Å²) in [5.41, 5.74) is 2.39. The molecular weight excluding hydrogens is 613 g/mol. The zero-order chi connectivity index (χ0) is 32.9. The highest BCUT2D eigenvalue weighted by Crippen LogP contribution is 2.63. The summed E-state index contributed by atoms with van der Waals surface area (Å²) in [5, 5.41) is 0. The van der Waals surface area contributed by atoms with E-state index in [1.807, 2.05) is 36.4 Å². The lowest BCUT2D eigenvalue weighted by molar-refractivity contribution is -0.139. The molecule has 2 aliphatic heterocycles. The smallest absolute Gasteiger partial charge is 0.246 e. The quantitative estimate of drug-likeness (QED) is 0.153. The average Bonchev–Trinajstić information content (AvgIpc) is 3.28. The van der Waals surface area contributed by atoms with Crippen LogP contribution in [-0.2, 0) is 19.2 Å². The third-order valence-electron chi connectivity index (χ3n) is 10.6. The van der Waals surface area contributed by atoms with E-state index in [2.05, 4.69) is 38.1 Å². The van der Waals surface area contributed by atoms with Crippen LogP contribution in [0.4, 0.5) is 0 Å². The molecule has 8 heteroatoms. The van der Waals surface area contributed by atoms with E-state index in [0.29, 0.717) is 0 Å². The fourth-order valence-corrected chi connectivity index (χ4v) is 11.5. The van der Waals surface area contributed by atoms with Gasteiger partial charge in [-0.1, -0.05) is 113 Å². The number of hydrogen-bond donors (Lipinski definition) is 0. The molecule has 4 amide bonds. The molecule has 6 rings (SSSR count). The third kappa shape index (κ3) is 6.09. The molecule has 6 atom stereocenters. The number of nitrogens with zero attached hydrogens (tertiary/aromatic N) is 2. The summed E-state index contributed by atoms with van der Waals surface area (Å²) in [5.74, 6) is 2.10. The van der Waals surface area contributed by atoms with E-state index < -0.39 is 9.49 Å². The van der Waals surface area contributed by atoms with Crippen LogP contribution >= 0.6 is 23.5 Å². The highest BCUT2D eigenvalue weighted by molar-refractivity contribution is 8.01. The van der Waals surface area contributed by atoms with Crippen LogP contribution < -0.4 is 0 Å². The molecule has 248 valence electrons. The molecule has 2 saturated carbocycles. The molecule has 4 aliphatic rings. The lowest BCUT2D eigenvalue weighted by atomic mass is 9.62. The molecule has 46 heavy (non-hydrogen) atoms. The second kappa shape index (κ2) is 15.1. The first-order chi connectivity index (χ1) is 22.3. The van der Waals surface area contributed by atoms with Crippen molar-refractivity contribution >= 4 is 47.2 Å². The van der Waals surface area contributed by atoms with Crippen molar-refractivity contribution in [1.82, 2.24) is 9.80 Å². The van der Waals surface area contributed by atoms with Crippen LogP contribution in [0.3, 0.4) is 0 Å². The van der Waals surface area contributed by atoms with Gasteiger partial charge in [-0.05, 0) is 48.3 Å². The van der Waals surface area contributed by atoms with Crippen molar-refractivity contribution in [2.45, 2.75) is 99.4 Å². The summed E-state index contributed by atoms with van der Waals surface area (Å²) in [6.07, 6.45) is 11.2. The Morgan fingerprint density at radius 1 is 0.565 bits per heavy atom. The van der Waals surface area contributed by atoms with Gasteiger partial charge in [0, 0.05) is 25.9 Å². The molecule has 6 nitrogen and oxygen atoms in total. The number of carbonyl (C=O) groups excluding carboxylic acids is 4. The van der Waals surface area contributed by atoms with Gasteiger partial charge in [0.25, 0.3) is 0 Å². The maximum Gasteiger partial charge on any atom is 0.246 e. The van der Waals surface area contributed by atoms with Crippen LogP contribution in [-0.4, -0.2) is 68.5 Å². The minimum absolute atomic E-state index is 0.0169. The van der Waals surface area contributed by atoms with Gasteiger partial charge < -0.3 is 0 Å². The number of thioether (sulfide) groups is 2. The van der Waals surface area contributed by atoms with Gasteiger partial charge in [0.15, 0.2) is 0 Å². The number of carbonyl (C=O) groups is 4. The van der Waals surface area contributed by atoms with Crippen LogP contribution in [0, 0.1) is 11.8 Å². The maximum absolute atomic E-state index is 12.9. The number of imide groups is 2. The molecule has 4 fully saturated rings. The maximum atomic E-state index is 12.9. The Morgan fingerprint density at radius 3 is 1.26 bits per heavy atom. The molecule has 2 unspecified atom stereocenters. The first-order valence-electron chi connectivity index (χ1n) is 17.3. The van der Waals surface area contributed by atoms with Gasteiger partial charge in [-0.3, -0.25) is 29.0 Å². The Morgan fingerprint density at radius 2 is 0.935 bits per heavy atom. The van der Waals surface area contributed by atoms with E-state index in [1.165, 1.54) is 59.5 Å². The number of rotatable bonds is 14. The van der Waals surface area contributed by atoms with Crippen LogP contribution in [0.2, 0.25) is 0 Å². The Balaban J connectivity index is 0.000000181. The van der Waals surface area contributed by atoms with Crippen molar-refractivity contribution in [3.8, 4) is 0 Å². The highest BCUT2D eigenvalue weighted by Gasteiger charge is 2.70. The molecule has 2 aromatic rings. The summed E-state index contributed by atoms with van der Waals surface area (Å²) in [7, 11) is 3.29. The predicted molar refractivity (Wildman–Crippen MR) is 189 cm³/mol. The summed E-state index contributed by atoms with van der Waals surface area (Å²) in [6.45, 7) is 4.40. The van der Waals surface area contributed by atoms with Crippen molar-refractivity contribution in [2.24, 2.45) is 11.8 Å². The molecule has 2 aromatic carbocycles. The van der Waals surface area contributed by atoms with E-state index in [9.17, 15) is 19.2 Å². The molecule has 0 N–H and O–H groups in total. The summed E-state index contributed by atoms with van der Waals surface area (Å²) >= 11 is 3.48. The lowest BCUT2D eigenvalue weighted by Crippen LogP contribution is -2.54. The Labute approximate surface area is 283 Å². The minimum atomic E-state index is -0.542. The van der Waals surface area contributed by atoms with E-state index in [1.54, 1.807) is 37.6 Å². The van der Waals surface area contributed by atoms with E-state index >= 15 is 0 Å². The molecule has 0 bridgehead atoms. The SMILES string of the molecule is CCCCCCS[C@]12C(=O)N(C)C(=O)[C@H]1CC2c1ccccc1.CCCCCCS[C@]12C(=O)N(C)C(=O)[C@H]1CC2c1ccccc1. The van der Waals surface area contributed by atoms with E-state index in [4.69, 9.17) is 0 Å². The Hall–Kier alpha value is -2.58. The van der Waals surface area contributed by atoms with Crippen molar-refractivity contribution in [3.05, 3.63) is 71.8 Å². The zero-order valence-electron chi connectivity index (χ0n) is 27.9. The average molecular weight is 663 g/mol. The molecule has 0 radical (unpaired) electrons. The first kappa shape index (κ1) is 34.7. The largest absolute Gasteiger partial charge is 0.284 e. The van der Waals surface area contributed by atoms with E-state index in [0.717, 1.165) is 37.2 Å². The molecule has 2 saturated heterocycles. The number of unbranched alkanes of at least 4 members (excludes halogenated alkanes) is 6. The van der Waals surface area contributed by atoms with Gasteiger partial charge in [0.2, 0.25) is 23.6 Å². The first-order valence-corrected chi connectivity index (χ1v) is 19.2. The summed E-state index contributed by atoms with van der Waals surface area (Å²) in [6, 6.07) is 20.5. The van der Waals surface area contributed by atoms with Gasteiger partial charge in [0.1, 0.15) is 9.49 Å². The highest BCUT2D eigenvalue weighted by atomic mass is 32.2. The molecule has 0 spiro atoms. The monoisotopic (exact) mass is 662 g/mol. The van der Waals surface area contributed by atoms with Gasteiger partial charge in [0.05, 0.1) is 11.8 Å². The van der Waals surface area contributed by atoms with Gasteiger partial charge in [-0.15, -0.1) is 23.5 Å². The number of benzene rings is 2. The third-order valence-corrected chi connectivity index (χ3v) is 14.1. The Kier molecular flexibility index (Phi) is 11.4. The van der Waals surface area contributed by atoms with Crippen molar-refractivity contribution in [3.63, 3.8) is 0 Å². The van der Waals surface area contributed by atoms with Gasteiger partial charge in [-0.25, -0.2) is 0 Å². The second-order valence-corrected chi connectivity index (χ2v) is 16.1. The second-order valence-electron chi connectivity index (χ2n) is 13.3. The predicted octanol–water partition coefficient (Wildman–Crippen LogP) is 7.68. The number of likely N-dealkylation sites (tertiary alicyclic amines) is 2. The van der Waals surface area contributed by atoms with Crippen molar-refractivity contribution in [2.75, 3.05) is 25.6 Å². The van der Waals surface area contributed by atoms with Crippen molar-refractivity contribution in [1.29, 1.82) is 0 Å². The zero-order valence-corrected chi connectivity index (χ0v) is 29.5. The molecular formula is C38H50N2O4S2. The topological polar surface area (TPSA) is 74.8 Å². The van der Waals surface area contributed by atoms with Gasteiger partial charge in [-0.2, -0.15) is 0 Å². The van der Waals surface area contributed by atoms with Crippen LogP contribution in [0.15, 0.2) is 60.7 Å². The normalized spacial score (nSPS) is 29.6. The van der Waals surface area contributed by atoms with Crippen LogP contribution in [0.25, 0.3) is 0 Å². The fourth-order valence-electron chi connectivity index (χ4n) is 7.90. The van der Waals surface area contributed by atoms with Gasteiger partial charge >= 0.3 is 0 Å². The summed E-state index contributed by atoms with van der Waals surface area (Å²) < 4.78 is -1.08. The minimum Gasteiger partial charge on any atom is -0.284 e. The fraction of sp³-hybridized carbons (Fsp3) is 0.579. The van der Waals surface area contributed by atoms with E-state index in [-0.39, 0.29) is 47.3 Å². The molecule has 2 heterocycles. The number of fused-ring (bicyclic) bond motifs is 2. The molecule has 0 aromatic heterocycles. The van der Waals surface area contributed by atoms with Crippen molar-refractivity contribution < 1.29 is 19.2 Å². The van der Waals surface area contributed by atoms with Crippen LogP contribution in [0.5, 0.6) is 0 Å². The number of hydrogen-bond acceptors (Lipinski definition) is 6. The standard InChI is InChI=1S/2C19H25NO2S/c2*1-3-4-5-9-12-23-19-15(14-10-7-6-8-11-14)13-16(19)17(21)20(2)18(19)22/h2*6-8,10-11,15-16H,3-5,9,12-13H2,1-2H3/t2*15?,16-,19+/m11/s1. The molecule has 2 aliphatic carbocycles. The van der Waals surface area contributed by atoms with Crippen LogP contribution in [0.1, 0.15) is 101 Å². The lowest BCUT2D eigenvalue weighted by Gasteiger charge is -2.48. The Bertz CT molecular complexity index is 1280. The number of amides is 4.